The van der Waals surface area contributed by atoms with Crippen molar-refractivity contribution >= 4 is 0 Å². The molecule has 1 aliphatic rings. The Hall–Kier alpha value is -0.0800. The quantitative estimate of drug-likeness (QED) is 0.605. The Kier molecular flexibility index (Phi) is 3.16. The van der Waals surface area contributed by atoms with Crippen LogP contribution in [0.15, 0.2) is 0 Å². The number of aliphatic hydroxyl groups is 2. The summed E-state index contributed by atoms with van der Waals surface area (Å²) in [6.07, 6.45) is 4.97. The van der Waals surface area contributed by atoms with Gasteiger partial charge in [-0.05, 0) is 25.2 Å². The fraction of sp³-hybridized carbons (Fsp3) is 1.00. The van der Waals surface area contributed by atoms with Gasteiger partial charge in [0.05, 0.1) is 6.10 Å². The fourth-order valence-corrected chi connectivity index (χ4v) is 1.71. The normalized spacial score (nSPS) is 34.2. The zero-order valence-electron chi connectivity index (χ0n) is 6.29. The summed E-state index contributed by atoms with van der Waals surface area (Å²) in [4.78, 5) is 0. The van der Waals surface area contributed by atoms with Crippen LogP contribution in [-0.2, 0) is 0 Å². The molecule has 0 unspecified atom stereocenters. The first-order valence-electron chi connectivity index (χ1n) is 4.12. The lowest BCUT2D eigenvalue weighted by Gasteiger charge is -2.24. The molecule has 0 aromatic carbocycles. The lowest BCUT2D eigenvalue weighted by molar-refractivity contribution is 0.0909. The summed E-state index contributed by atoms with van der Waals surface area (Å²) in [5.41, 5.74) is 0. The Morgan fingerprint density at radius 3 is 2.70 bits per heavy atom. The van der Waals surface area contributed by atoms with Gasteiger partial charge in [0.25, 0.3) is 0 Å². The molecule has 0 heterocycles. The van der Waals surface area contributed by atoms with Crippen LogP contribution in [-0.4, -0.2) is 22.9 Å². The Balaban J connectivity index is 2.18. The third-order valence-electron chi connectivity index (χ3n) is 2.29. The van der Waals surface area contributed by atoms with Crippen LogP contribution in [0.1, 0.15) is 32.1 Å². The number of hydrogen-bond acceptors (Lipinski definition) is 2. The van der Waals surface area contributed by atoms with Crippen LogP contribution in [0.25, 0.3) is 0 Å². The van der Waals surface area contributed by atoms with Gasteiger partial charge in [0.15, 0.2) is 0 Å². The van der Waals surface area contributed by atoms with E-state index in [9.17, 15) is 5.11 Å². The second-order valence-corrected chi connectivity index (χ2v) is 3.20. The van der Waals surface area contributed by atoms with Crippen molar-refractivity contribution in [3.05, 3.63) is 0 Å². The Bertz CT molecular complexity index is 91.3. The third-order valence-corrected chi connectivity index (χ3v) is 2.29. The van der Waals surface area contributed by atoms with E-state index in [4.69, 9.17) is 5.11 Å². The van der Waals surface area contributed by atoms with E-state index in [1.165, 1.54) is 6.42 Å². The summed E-state index contributed by atoms with van der Waals surface area (Å²) in [6.45, 7) is 0.275. The molecule has 0 aliphatic heterocycles. The van der Waals surface area contributed by atoms with E-state index in [1.807, 2.05) is 0 Å². The van der Waals surface area contributed by atoms with E-state index in [0.29, 0.717) is 5.92 Å². The van der Waals surface area contributed by atoms with Gasteiger partial charge in [-0.25, -0.2) is 0 Å². The maximum absolute atomic E-state index is 9.22. The maximum Gasteiger partial charge on any atom is 0.0543 e. The predicted octanol–water partition coefficient (Wildman–Crippen LogP) is 0.920. The summed E-state index contributed by atoms with van der Waals surface area (Å²) in [7, 11) is 0. The molecule has 1 aliphatic carbocycles. The molecule has 10 heavy (non-hydrogen) atoms. The van der Waals surface area contributed by atoms with E-state index in [1.54, 1.807) is 0 Å². The van der Waals surface area contributed by atoms with Gasteiger partial charge in [-0.15, -0.1) is 0 Å². The molecule has 1 rings (SSSR count). The smallest absolute Gasteiger partial charge is 0.0543 e. The zero-order valence-corrected chi connectivity index (χ0v) is 6.29. The number of hydrogen-bond donors (Lipinski definition) is 2. The first kappa shape index (κ1) is 8.02. The lowest BCUT2D eigenvalue weighted by atomic mass is 9.85. The summed E-state index contributed by atoms with van der Waals surface area (Å²) < 4.78 is 0. The molecular weight excluding hydrogens is 128 g/mol. The summed E-state index contributed by atoms with van der Waals surface area (Å²) >= 11 is 0. The van der Waals surface area contributed by atoms with Crippen LogP contribution in [0.5, 0.6) is 0 Å². The Morgan fingerprint density at radius 1 is 1.30 bits per heavy atom. The monoisotopic (exact) mass is 144 g/mol. The highest BCUT2D eigenvalue weighted by atomic mass is 16.3. The molecule has 2 atom stereocenters. The van der Waals surface area contributed by atoms with Gasteiger partial charge in [-0.3, -0.25) is 0 Å². The van der Waals surface area contributed by atoms with Crippen LogP contribution in [0.2, 0.25) is 0 Å². The van der Waals surface area contributed by atoms with Crippen molar-refractivity contribution in [2.45, 2.75) is 38.2 Å². The topological polar surface area (TPSA) is 40.5 Å². The molecule has 60 valence electrons. The van der Waals surface area contributed by atoms with Crippen molar-refractivity contribution in [3.63, 3.8) is 0 Å². The second kappa shape index (κ2) is 3.94. The highest BCUT2D eigenvalue weighted by Gasteiger charge is 2.18. The molecule has 0 bridgehead atoms. The second-order valence-electron chi connectivity index (χ2n) is 3.20. The predicted molar refractivity (Wildman–Crippen MR) is 39.7 cm³/mol. The van der Waals surface area contributed by atoms with Crippen LogP contribution in [0.4, 0.5) is 0 Å². The van der Waals surface area contributed by atoms with E-state index in [-0.39, 0.29) is 12.7 Å². The number of aliphatic hydroxyl groups excluding tert-OH is 2. The molecule has 2 heteroatoms. The van der Waals surface area contributed by atoms with Gasteiger partial charge in [0, 0.05) is 6.61 Å². The lowest BCUT2D eigenvalue weighted by Crippen LogP contribution is -2.20. The van der Waals surface area contributed by atoms with Gasteiger partial charge in [-0.2, -0.15) is 0 Å². The first-order chi connectivity index (χ1) is 4.83. The molecule has 2 nitrogen and oxygen atoms in total. The third kappa shape index (κ3) is 2.27. The highest BCUT2D eigenvalue weighted by molar-refractivity contribution is 4.71. The van der Waals surface area contributed by atoms with Gasteiger partial charge in [-0.1, -0.05) is 12.8 Å². The van der Waals surface area contributed by atoms with Crippen molar-refractivity contribution in [1.29, 1.82) is 0 Å². The minimum absolute atomic E-state index is 0.0923. The Labute approximate surface area is 61.9 Å². The summed E-state index contributed by atoms with van der Waals surface area (Å²) in [5, 5.41) is 17.8. The molecule has 0 aromatic heterocycles. The zero-order chi connectivity index (χ0) is 7.40. The van der Waals surface area contributed by atoms with Crippen LogP contribution < -0.4 is 0 Å². The van der Waals surface area contributed by atoms with Crippen LogP contribution in [0, 0.1) is 5.92 Å². The standard InChI is InChI=1S/C8H16O2/c9-5-4-7-2-1-3-8(10)6-7/h7-10H,1-6H2/t7-,8+/m1/s1. The van der Waals surface area contributed by atoms with Crippen LogP contribution >= 0.6 is 0 Å². The molecule has 1 fully saturated rings. The molecule has 0 aromatic rings. The van der Waals surface area contributed by atoms with E-state index in [0.717, 1.165) is 25.7 Å². The average Bonchev–Trinajstić information content (AvgIpc) is 1.88. The van der Waals surface area contributed by atoms with Gasteiger partial charge < -0.3 is 10.2 Å². The van der Waals surface area contributed by atoms with E-state index in [2.05, 4.69) is 0 Å². The van der Waals surface area contributed by atoms with Gasteiger partial charge in [0.2, 0.25) is 0 Å². The maximum atomic E-state index is 9.22. The minimum atomic E-state index is -0.0923. The minimum Gasteiger partial charge on any atom is -0.396 e. The van der Waals surface area contributed by atoms with E-state index < -0.39 is 0 Å². The van der Waals surface area contributed by atoms with E-state index >= 15 is 0 Å². The number of rotatable bonds is 2. The van der Waals surface area contributed by atoms with Crippen molar-refractivity contribution in [1.82, 2.24) is 0 Å². The van der Waals surface area contributed by atoms with Crippen molar-refractivity contribution < 1.29 is 10.2 Å². The van der Waals surface area contributed by atoms with Crippen molar-refractivity contribution in [3.8, 4) is 0 Å². The molecule has 0 amide bonds. The molecule has 0 saturated heterocycles. The Morgan fingerprint density at radius 2 is 2.10 bits per heavy atom. The molecule has 2 N–H and O–H groups in total. The molecular formula is C8H16O2. The van der Waals surface area contributed by atoms with Crippen molar-refractivity contribution in [2.24, 2.45) is 5.92 Å². The highest BCUT2D eigenvalue weighted by Crippen LogP contribution is 2.26. The molecule has 0 spiro atoms. The SMILES string of the molecule is OCC[C@H]1CCC[C@H](O)C1. The largest absolute Gasteiger partial charge is 0.396 e. The van der Waals surface area contributed by atoms with Gasteiger partial charge >= 0.3 is 0 Å². The summed E-state index contributed by atoms with van der Waals surface area (Å²) in [5.74, 6) is 0.578. The average molecular weight is 144 g/mol. The summed E-state index contributed by atoms with van der Waals surface area (Å²) in [6, 6.07) is 0. The fourth-order valence-electron chi connectivity index (χ4n) is 1.71. The van der Waals surface area contributed by atoms with Gasteiger partial charge in [0.1, 0.15) is 0 Å². The first-order valence-corrected chi connectivity index (χ1v) is 4.12. The molecule has 0 radical (unpaired) electrons. The van der Waals surface area contributed by atoms with Crippen molar-refractivity contribution in [2.75, 3.05) is 6.61 Å². The van der Waals surface area contributed by atoms with Crippen LogP contribution in [0.3, 0.4) is 0 Å². The molecule has 1 saturated carbocycles.